The highest BCUT2D eigenvalue weighted by molar-refractivity contribution is 7.93. The molecule has 0 aromatic rings. The first-order valence-corrected chi connectivity index (χ1v) is 8.83. The first-order valence-electron chi connectivity index (χ1n) is 4.63. The highest BCUT2D eigenvalue weighted by Gasteiger charge is 2.32. The standard InChI is InChI=1S/C8H18ClNO4S2/c1-8(2,7-9)10(3)16(13,14)6-5-15(4,11)12/h5-7H2,1-4H3. The lowest BCUT2D eigenvalue weighted by atomic mass is 10.1. The molecule has 0 aromatic carbocycles. The molecule has 8 heteroatoms. The van der Waals surface area contributed by atoms with Gasteiger partial charge in [-0.1, -0.05) is 0 Å². The van der Waals surface area contributed by atoms with Crippen LogP contribution in [0.15, 0.2) is 0 Å². The molecule has 0 saturated carbocycles. The SMILES string of the molecule is CN(C(C)(C)CCl)S(=O)(=O)CCS(C)(=O)=O. The Morgan fingerprint density at radius 2 is 1.56 bits per heavy atom. The number of alkyl halides is 1. The molecule has 0 aliphatic rings. The van der Waals surface area contributed by atoms with Gasteiger partial charge in [-0.05, 0) is 13.8 Å². The predicted octanol–water partition coefficient (Wildman–Crippen LogP) is 0.310. The van der Waals surface area contributed by atoms with Gasteiger partial charge in [0.15, 0.2) is 0 Å². The molecule has 0 aromatic heterocycles. The Morgan fingerprint density at radius 1 is 1.12 bits per heavy atom. The van der Waals surface area contributed by atoms with Crippen LogP contribution in [0.25, 0.3) is 0 Å². The molecule has 0 amide bonds. The molecule has 0 fully saturated rings. The largest absolute Gasteiger partial charge is 0.229 e. The van der Waals surface area contributed by atoms with Crippen molar-refractivity contribution in [3.63, 3.8) is 0 Å². The molecule has 5 nitrogen and oxygen atoms in total. The fourth-order valence-electron chi connectivity index (χ4n) is 0.854. The van der Waals surface area contributed by atoms with E-state index in [1.807, 2.05) is 0 Å². The van der Waals surface area contributed by atoms with E-state index in [2.05, 4.69) is 0 Å². The molecule has 0 rings (SSSR count). The van der Waals surface area contributed by atoms with E-state index in [9.17, 15) is 16.8 Å². The molecule has 0 radical (unpaired) electrons. The van der Waals surface area contributed by atoms with Crippen LogP contribution in [0, 0.1) is 0 Å². The summed E-state index contributed by atoms with van der Waals surface area (Å²) in [7, 11) is -5.47. The van der Waals surface area contributed by atoms with Crippen LogP contribution in [0.1, 0.15) is 13.8 Å². The van der Waals surface area contributed by atoms with E-state index in [1.54, 1.807) is 13.8 Å². The summed E-state index contributed by atoms with van der Waals surface area (Å²) in [4.78, 5) is 0. The molecule has 0 spiro atoms. The van der Waals surface area contributed by atoms with E-state index >= 15 is 0 Å². The van der Waals surface area contributed by atoms with Crippen molar-refractivity contribution >= 4 is 31.5 Å². The third kappa shape index (κ3) is 4.99. The summed E-state index contributed by atoms with van der Waals surface area (Å²) in [6.07, 6.45) is 1.01. The first kappa shape index (κ1) is 16.1. The smallest absolute Gasteiger partial charge is 0.215 e. The van der Waals surface area contributed by atoms with Crippen LogP contribution in [0.2, 0.25) is 0 Å². The molecule has 0 bridgehead atoms. The molecular formula is C8H18ClNO4S2. The minimum absolute atomic E-state index is 0.140. The Balaban J connectivity index is 4.82. The molecule has 0 aliphatic heterocycles. The zero-order valence-corrected chi connectivity index (χ0v) is 12.3. The number of sulfonamides is 1. The molecule has 0 saturated heterocycles. The van der Waals surface area contributed by atoms with E-state index in [-0.39, 0.29) is 11.6 Å². The average molecular weight is 292 g/mol. The van der Waals surface area contributed by atoms with E-state index in [1.165, 1.54) is 7.05 Å². The fourth-order valence-corrected chi connectivity index (χ4v) is 4.25. The number of hydrogen-bond donors (Lipinski definition) is 0. The number of halogens is 1. The van der Waals surface area contributed by atoms with Gasteiger partial charge in [-0.3, -0.25) is 0 Å². The zero-order chi connectivity index (χ0) is 13.2. The third-order valence-corrected chi connectivity index (χ3v) is 6.22. The second-order valence-electron chi connectivity index (χ2n) is 4.36. The summed E-state index contributed by atoms with van der Waals surface area (Å²) in [5.41, 5.74) is -0.724. The lowest BCUT2D eigenvalue weighted by Gasteiger charge is -2.32. The van der Waals surface area contributed by atoms with Gasteiger partial charge in [0.1, 0.15) is 9.84 Å². The quantitative estimate of drug-likeness (QED) is 0.660. The van der Waals surface area contributed by atoms with Gasteiger partial charge in [0.2, 0.25) is 10.0 Å². The number of sulfone groups is 1. The maximum Gasteiger partial charge on any atom is 0.215 e. The maximum absolute atomic E-state index is 11.8. The van der Waals surface area contributed by atoms with Crippen LogP contribution in [-0.2, 0) is 19.9 Å². The second-order valence-corrected chi connectivity index (χ2v) is 9.01. The predicted molar refractivity (Wildman–Crippen MR) is 66.1 cm³/mol. The van der Waals surface area contributed by atoms with Gasteiger partial charge in [0.05, 0.1) is 11.5 Å². The number of hydrogen-bond acceptors (Lipinski definition) is 4. The third-order valence-electron chi connectivity index (χ3n) is 2.31. The van der Waals surface area contributed by atoms with Crippen molar-refractivity contribution in [2.45, 2.75) is 19.4 Å². The average Bonchev–Trinajstić information content (AvgIpc) is 2.13. The van der Waals surface area contributed by atoms with Crippen molar-refractivity contribution in [2.24, 2.45) is 0 Å². The van der Waals surface area contributed by atoms with Gasteiger partial charge in [-0.2, -0.15) is 4.31 Å². The molecule has 0 unspecified atom stereocenters. The van der Waals surface area contributed by atoms with E-state index in [4.69, 9.17) is 11.6 Å². The van der Waals surface area contributed by atoms with Gasteiger partial charge in [0, 0.05) is 24.7 Å². The molecular weight excluding hydrogens is 274 g/mol. The van der Waals surface area contributed by atoms with Crippen molar-refractivity contribution in [1.82, 2.24) is 4.31 Å². The van der Waals surface area contributed by atoms with Crippen molar-refractivity contribution < 1.29 is 16.8 Å². The maximum atomic E-state index is 11.8. The van der Waals surface area contributed by atoms with Crippen molar-refractivity contribution in [3.05, 3.63) is 0 Å². The summed E-state index contributed by atoms with van der Waals surface area (Å²) in [6.45, 7) is 3.36. The summed E-state index contributed by atoms with van der Waals surface area (Å²) in [5, 5.41) is 0. The number of nitrogens with zero attached hydrogens (tertiary/aromatic N) is 1. The summed E-state index contributed by atoms with van der Waals surface area (Å²) in [6, 6.07) is 0. The molecule has 98 valence electrons. The molecule has 0 aliphatic carbocycles. The van der Waals surface area contributed by atoms with Gasteiger partial charge < -0.3 is 0 Å². The highest BCUT2D eigenvalue weighted by atomic mass is 35.5. The van der Waals surface area contributed by atoms with Crippen LogP contribution in [0.4, 0.5) is 0 Å². The van der Waals surface area contributed by atoms with Gasteiger partial charge >= 0.3 is 0 Å². The van der Waals surface area contributed by atoms with E-state index in [0.717, 1.165) is 10.6 Å². The Hall–Kier alpha value is 0.150. The first-order chi connectivity index (χ1) is 6.92. The monoisotopic (exact) mass is 291 g/mol. The van der Waals surface area contributed by atoms with Crippen molar-refractivity contribution in [3.8, 4) is 0 Å². The van der Waals surface area contributed by atoms with E-state index in [0.29, 0.717) is 0 Å². The lowest BCUT2D eigenvalue weighted by Crippen LogP contribution is -2.47. The van der Waals surface area contributed by atoms with Crippen molar-refractivity contribution in [1.29, 1.82) is 0 Å². The Bertz CT molecular complexity index is 427. The van der Waals surface area contributed by atoms with Crippen LogP contribution < -0.4 is 0 Å². The van der Waals surface area contributed by atoms with Gasteiger partial charge in [0.25, 0.3) is 0 Å². The summed E-state index contributed by atoms with van der Waals surface area (Å²) >= 11 is 5.66. The van der Waals surface area contributed by atoms with Gasteiger partial charge in [-0.15, -0.1) is 11.6 Å². The Morgan fingerprint density at radius 3 is 1.88 bits per heavy atom. The molecule has 16 heavy (non-hydrogen) atoms. The van der Waals surface area contributed by atoms with Crippen LogP contribution in [-0.4, -0.2) is 57.4 Å². The highest BCUT2D eigenvalue weighted by Crippen LogP contribution is 2.18. The molecule has 0 heterocycles. The lowest BCUT2D eigenvalue weighted by molar-refractivity contribution is 0.296. The minimum Gasteiger partial charge on any atom is -0.229 e. The zero-order valence-electron chi connectivity index (χ0n) is 9.90. The summed E-state index contributed by atoms with van der Waals surface area (Å²) < 4.78 is 46.5. The second kappa shape index (κ2) is 5.20. The molecule has 0 N–H and O–H groups in total. The van der Waals surface area contributed by atoms with E-state index < -0.39 is 31.2 Å². The molecule has 0 atom stereocenters. The number of rotatable bonds is 6. The Labute approximate surface area is 103 Å². The topological polar surface area (TPSA) is 71.5 Å². The van der Waals surface area contributed by atoms with Crippen LogP contribution >= 0.6 is 11.6 Å². The minimum atomic E-state index is -3.59. The fraction of sp³-hybridized carbons (Fsp3) is 1.00. The normalized spacial score (nSPS) is 14.4. The van der Waals surface area contributed by atoms with Crippen LogP contribution in [0.5, 0.6) is 0 Å². The summed E-state index contributed by atoms with van der Waals surface area (Å²) in [5.74, 6) is -0.650. The van der Waals surface area contributed by atoms with Gasteiger partial charge in [-0.25, -0.2) is 16.8 Å². The Kier molecular flexibility index (Phi) is 5.25. The van der Waals surface area contributed by atoms with Crippen LogP contribution in [0.3, 0.4) is 0 Å². The van der Waals surface area contributed by atoms with Crippen molar-refractivity contribution in [2.75, 3.05) is 30.7 Å².